The second-order valence-electron chi connectivity index (χ2n) is 3.33. The molecule has 0 fully saturated rings. The average Bonchev–Trinajstić information content (AvgIpc) is 2.27. The van der Waals surface area contributed by atoms with E-state index in [0.717, 1.165) is 0 Å². The molecule has 0 aliphatic carbocycles. The topological polar surface area (TPSA) is 64.6 Å². The number of carbonyl (C=O) groups is 2. The molecule has 16 heavy (non-hydrogen) atoms. The maximum absolute atomic E-state index is 11.4. The number of hydrogen-bond acceptors (Lipinski definition) is 5. The molecular formula is C11H14NO4. The number of carbonyl (C=O) groups excluding carboxylic acids is 2. The van der Waals surface area contributed by atoms with E-state index in [0.29, 0.717) is 22.5 Å². The van der Waals surface area contributed by atoms with Crippen molar-refractivity contribution in [3.63, 3.8) is 0 Å². The lowest BCUT2D eigenvalue weighted by molar-refractivity contribution is -0.136. The Hall–Kier alpha value is -1.78. The Labute approximate surface area is 94.1 Å². The van der Waals surface area contributed by atoms with Gasteiger partial charge in [0.1, 0.15) is 0 Å². The number of esters is 2. The fourth-order valence-electron chi connectivity index (χ4n) is 1.42. The SMILES string of the molecule is COC(=O)C1=C(C)NC(C)=C(C(=O)OC)[CH]1. The van der Waals surface area contributed by atoms with Gasteiger partial charge in [0, 0.05) is 17.8 Å². The molecule has 0 bridgehead atoms. The first-order valence-electron chi connectivity index (χ1n) is 4.71. The zero-order valence-electron chi connectivity index (χ0n) is 9.71. The van der Waals surface area contributed by atoms with Crippen molar-refractivity contribution in [2.75, 3.05) is 14.2 Å². The van der Waals surface area contributed by atoms with Crippen molar-refractivity contribution in [1.82, 2.24) is 5.32 Å². The number of ether oxygens (including phenoxy) is 2. The highest BCUT2D eigenvalue weighted by Gasteiger charge is 2.26. The molecule has 5 heteroatoms. The largest absolute Gasteiger partial charge is 0.466 e. The third kappa shape index (κ3) is 2.24. The molecular weight excluding hydrogens is 210 g/mol. The van der Waals surface area contributed by atoms with Crippen molar-refractivity contribution in [3.05, 3.63) is 29.0 Å². The predicted molar refractivity (Wildman–Crippen MR) is 56.9 cm³/mol. The predicted octanol–water partition coefficient (Wildman–Crippen LogP) is 0.688. The first kappa shape index (κ1) is 12.3. The molecule has 5 nitrogen and oxygen atoms in total. The van der Waals surface area contributed by atoms with Crippen LogP contribution >= 0.6 is 0 Å². The fourth-order valence-corrected chi connectivity index (χ4v) is 1.42. The van der Waals surface area contributed by atoms with Crippen LogP contribution in [-0.4, -0.2) is 26.2 Å². The quantitative estimate of drug-likeness (QED) is 0.699. The van der Waals surface area contributed by atoms with Gasteiger partial charge in [-0.15, -0.1) is 0 Å². The normalized spacial score (nSPS) is 15.8. The molecule has 0 aromatic rings. The van der Waals surface area contributed by atoms with Gasteiger partial charge < -0.3 is 14.8 Å². The van der Waals surface area contributed by atoms with Crippen LogP contribution in [0.1, 0.15) is 13.8 Å². The van der Waals surface area contributed by atoms with Crippen LogP contribution < -0.4 is 5.32 Å². The lowest BCUT2D eigenvalue weighted by atomic mass is 9.98. The Kier molecular flexibility index (Phi) is 3.71. The second-order valence-corrected chi connectivity index (χ2v) is 3.33. The summed E-state index contributed by atoms with van der Waals surface area (Å²) in [5.74, 6) is -0.974. The Morgan fingerprint density at radius 1 is 1.00 bits per heavy atom. The summed E-state index contributed by atoms with van der Waals surface area (Å²) >= 11 is 0. The molecule has 0 amide bonds. The van der Waals surface area contributed by atoms with E-state index in [4.69, 9.17) is 0 Å². The summed E-state index contributed by atoms with van der Waals surface area (Å²) < 4.78 is 9.23. The molecule has 0 saturated carbocycles. The third-order valence-corrected chi connectivity index (χ3v) is 2.28. The van der Waals surface area contributed by atoms with Crippen molar-refractivity contribution in [1.29, 1.82) is 0 Å². The number of methoxy groups -OCH3 is 2. The van der Waals surface area contributed by atoms with Crippen molar-refractivity contribution >= 4 is 11.9 Å². The van der Waals surface area contributed by atoms with E-state index in [1.54, 1.807) is 13.8 Å². The van der Waals surface area contributed by atoms with Crippen LogP contribution in [0.5, 0.6) is 0 Å². The van der Waals surface area contributed by atoms with Gasteiger partial charge in [0.05, 0.1) is 25.4 Å². The van der Waals surface area contributed by atoms with Crippen molar-refractivity contribution in [2.24, 2.45) is 0 Å². The highest BCUT2D eigenvalue weighted by molar-refractivity contribution is 6.00. The van der Waals surface area contributed by atoms with E-state index >= 15 is 0 Å². The van der Waals surface area contributed by atoms with E-state index in [9.17, 15) is 9.59 Å². The highest BCUT2D eigenvalue weighted by Crippen LogP contribution is 2.23. The number of rotatable bonds is 2. The molecule has 0 aromatic carbocycles. The number of hydrogen-bond donors (Lipinski definition) is 1. The Balaban J connectivity index is 2.99. The second kappa shape index (κ2) is 4.83. The zero-order valence-corrected chi connectivity index (χ0v) is 9.71. The van der Waals surface area contributed by atoms with Crippen LogP contribution in [0, 0.1) is 6.42 Å². The first-order valence-corrected chi connectivity index (χ1v) is 4.71. The minimum Gasteiger partial charge on any atom is -0.466 e. The molecule has 1 heterocycles. The molecule has 87 valence electrons. The summed E-state index contributed by atoms with van der Waals surface area (Å²) in [5.41, 5.74) is 1.95. The molecule has 0 atom stereocenters. The summed E-state index contributed by atoms with van der Waals surface area (Å²) in [4.78, 5) is 22.8. The smallest absolute Gasteiger partial charge is 0.336 e. The van der Waals surface area contributed by atoms with Gasteiger partial charge in [0.25, 0.3) is 0 Å². The molecule has 0 saturated heterocycles. The Bertz CT molecular complexity index is 357. The van der Waals surface area contributed by atoms with Gasteiger partial charge in [-0.1, -0.05) is 0 Å². The minimum absolute atomic E-state index is 0.327. The van der Waals surface area contributed by atoms with Crippen LogP contribution in [0.2, 0.25) is 0 Å². The van der Waals surface area contributed by atoms with Gasteiger partial charge >= 0.3 is 11.9 Å². The highest BCUT2D eigenvalue weighted by atomic mass is 16.5. The average molecular weight is 224 g/mol. The molecule has 1 N–H and O–H groups in total. The number of nitrogens with one attached hydrogen (secondary N) is 1. The molecule has 1 rings (SSSR count). The Morgan fingerprint density at radius 2 is 1.38 bits per heavy atom. The van der Waals surface area contributed by atoms with Gasteiger partial charge in [-0.25, -0.2) is 9.59 Å². The van der Waals surface area contributed by atoms with Crippen molar-refractivity contribution in [2.45, 2.75) is 13.8 Å². The van der Waals surface area contributed by atoms with Crippen LogP contribution in [-0.2, 0) is 19.1 Å². The molecule has 1 aliphatic rings. The molecule has 0 unspecified atom stereocenters. The molecule has 0 aromatic heterocycles. The van der Waals surface area contributed by atoms with E-state index in [2.05, 4.69) is 14.8 Å². The summed E-state index contributed by atoms with van der Waals surface area (Å²) in [6, 6.07) is 0. The van der Waals surface area contributed by atoms with Crippen LogP contribution in [0.15, 0.2) is 22.5 Å². The monoisotopic (exact) mass is 224 g/mol. The lowest BCUT2D eigenvalue weighted by Crippen LogP contribution is -2.26. The minimum atomic E-state index is -0.487. The molecule has 1 radical (unpaired) electrons. The van der Waals surface area contributed by atoms with Crippen molar-refractivity contribution in [3.8, 4) is 0 Å². The van der Waals surface area contributed by atoms with Crippen LogP contribution in [0.3, 0.4) is 0 Å². The van der Waals surface area contributed by atoms with Gasteiger partial charge in [0.2, 0.25) is 0 Å². The van der Waals surface area contributed by atoms with E-state index < -0.39 is 11.9 Å². The van der Waals surface area contributed by atoms with Gasteiger partial charge in [0.15, 0.2) is 0 Å². The van der Waals surface area contributed by atoms with Gasteiger partial charge in [-0.05, 0) is 13.8 Å². The zero-order chi connectivity index (χ0) is 12.3. The summed E-state index contributed by atoms with van der Waals surface area (Å²) in [5, 5.41) is 2.94. The van der Waals surface area contributed by atoms with E-state index in [-0.39, 0.29) is 0 Å². The summed E-state index contributed by atoms with van der Waals surface area (Å²) in [7, 11) is 2.58. The Morgan fingerprint density at radius 3 is 1.69 bits per heavy atom. The van der Waals surface area contributed by atoms with E-state index in [1.807, 2.05) is 0 Å². The van der Waals surface area contributed by atoms with Crippen molar-refractivity contribution < 1.29 is 19.1 Å². The molecule has 1 aliphatic heterocycles. The van der Waals surface area contributed by atoms with Gasteiger partial charge in [-0.3, -0.25) is 0 Å². The maximum Gasteiger partial charge on any atom is 0.336 e. The first-order chi connectivity index (χ1) is 7.51. The number of allylic oxidation sites excluding steroid dienone is 2. The maximum atomic E-state index is 11.4. The number of dihydropyridines is 1. The standard InChI is InChI=1S/C11H14NO4/c1-6-8(10(13)15-3)5-9(7(2)12-6)11(14)16-4/h5,12H,1-4H3. The van der Waals surface area contributed by atoms with Crippen LogP contribution in [0.4, 0.5) is 0 Å². The fraction of sp³-hybridized carbons (Fsp3) is 0.364. The summed E-state index contributed by atoms with van der Waals surface area (Å²) in [6.45, 7) is 3.47. The third-order valence-electron chi connectivity index (χ3n) is 2.28. The van der Waals surface area contributed by atoms with Crippen LogP contribution in [0.25, 0.3) is 0 Å². The van der Waals surface area contributed by atoms with Gasteiger partial charge in [-0.2, -0.15) is 0 Å². The lowest BCUT2D eigenvalue weighted by Gasteiger charge is -2.21. The molecule has 0 spiro atoms. The summed E-state index contributed by atoms with van der Waals surface area (Å²) in [6.07, 6.45) is 1.47. The van der Waals surface area contributed by atoms with E-state index in [1.165, 1.54) is 20.6 Å².